The highest BCUT2D eigenvalue weighted by atomic mass is 16.5. The van der Waals surface area contributed by atoms with E-state index in [0.29, 0.717) is 38.0 Å². The normalized spacial score (nSPS) is 10.5. The van der Waals surface area contributed by atoms with Crippen LogP contribution in [-0.4, -0.2) is 18.5 Å². The SMILES string of the molecule is CCCOC(=O)CCCCC(=O)Oc1ccc2ccccc2c1. The number of benzene rings is 2. The van der Waals surface area contributed by atoms with Gasteiger partial charge in [0.05, 0.1) is 6.61 Å². The molecule has 0 saturated heterocycles. The number of fused-ring (bicyclic) bond motifs is 1. The number of hydrogen-bond acceptors (Lipinski definition) is 4. The van der Waals surface area contributed by atoms with Crippen LogP contribution in [0.4, 0.5) is 0 Å². The third kappa shape index (κ3) is 5.74. The Kier molecular flexibility index (Phi) is 6.60. The van der Waals surface area contributed by atoms with E-state index in [4.69, 9.17) is 9.47 Å². The van der Waals surface area contributed by atoms with Gasteiger partial charge in [-0.25, -0.2) is 0 Å². The number of ether oxygens (including phenoxy) is 2. The first-order chi connectivity index (χ1) is 11.2. The number of carbonyl (C=O) groups is 2. The van der Waals surface area contributed by atoms with E-state index >= 15 is 0 Å². The molecule has 0 spiro atoms. The zero-order valence-electron chi connectivity index (χ0n) is 13.4. The van der Waals surface area contributed by atoms with Gasteiger partial charge >= 0.3 is 11.9 Å². The van der Waals surface area contributed by atoms with Crippen LogP contribution in [0.5, 0.6) is 5.75 Å². The molecule has 0 aliphatic heterocycles. The third-order valence-corrected chi connectivity index (χ3v) is 3.43. The monoisotopic (exact) mass is 314 g/mol. The Balaban J connectivity index is 1.72. The minimum absolute atomic E-state index is 0.199. The Morgan fingerprint density at radius 2 is 1.61 bits per heavy atom. The third-order valence-electron chi connectivity index (χ3n) is 3.43. The van der Waals surface area contributed by atoms with Gasteiger partial charge in [-0.05, 0) is 42.2 Å². The van der Waals surface area contributed by atoms with E-state index in [2.05, 4.69) is 0 Å². The summed E-state index contributed by atoms with van der Waals surface area (Å²) in [6.07, 6.45) is 2.73. The molecule has 0 radical (unpaired) electrons. The molecule has 0 unspecified atom stereocenters. The second-order valence-corrected chi connectivity index (χ2v) is 5.41. The van der Waals surface area contributed by atoms with Crippen molar-refractivity contribution in [2.45, 2.75) is 39.0 Å². The van der Waals surface area contributed by atoms with Gasteiger partial charge in [0.15, 0.2) is 0 Å². The van der Waals surface area contributed by atoms with Crippen LogP contribution in [0, 0.1) is 0 Å². The van der Waals surface area contributed by atoms with Crippen molar-refractivity contribution in [3.05, 3.63) is 42.5 Å². The largest absolute Gasteiger partial charge is 0.466 e. The van der Waals surface area contributed by atoms with E-state index in [0.717, 1.165) is 17.2 Å². The van der Waals surface area contributed by atoms with Gasteiger partial charge in [0, 0.05) is 12.8 Å². The Morgan fingerprint density at radius 1 is 0.913 bits per heavy atom. The van der Waals surface area contributed by atoms with E-state index in [-0.39, 0.29) is 11.9 Å². The van der Waals surface area contributed by atoms with Crippen molar-refractivity contribution in [2.75, 3.05) is 6.61 Å². The molecule has 0 aliphatic carbocycles. The lowest BCUT2D eigenvalue weighted by Gasteiger charge is -2.06. The molecule has 0 aliphatic rings. The number of hydrogen-bond donors (Lipinski definition) is 0. The summed E-state index contributed by atoms with van der Waals surface area (Å²) in [7, 11) is 0. The molecule has 0 bridgehead atoms. The van der Waals surface area contributed by atoms with Crippen molar-refractivity contribution in [3.63, 3.8) is 0 Å². The highest BCUT2D eigenvalue weighted by Gasteiger charge is 2.07. The molecule has 0 N–H and O–H groups in total. The van der Waals surface area contributed by atoms with Gasteiger partial charge in [0.2, 0.25) is 0 Å². The smallest absolute Gasteiger partial charge is 0.311 e. The van der Waals surface area contributed by atoms with Gasteiger partial charge in [-0.3, -0.25) is 9.59 Å². The molecule has 4 heteroatoms. The van der Waals surface area contributed by atoms with Gasteiger partial charge < -0.3 is 9.47 Å². The van der Waals surface area contributed by atoms with E-state index in [1.165, 1.54) is 0 Å². The van der Waals surface area contributed by atoms with Crippen LogP contribution in [-0.2, 0) is 14.3 Å². The van der Waals surface area contributed by atoms with Crippen molar-refractivity contribution < 1.29 is 19.1 Å². The first-order valence-corrected chi connectivity index (χ1v) is 8.04. The van der Waals surface area contributed by atoms with E-state index in [1.807, 2.05) is 43.3 Å². The summed E-state index contributed by atoms with van der Waals surface area (Å²) in [5.41, 5.74) is 0. The van der Waals surface area contributed by atoms with Gasteiger partial charge in [0.25, 0.3) is 0 Å². The van der Waals surface area contributed by atoms with Crippen molar-refractivity contribution in [1.29, 1.82) is 0 Å². The summed E-state index contributed by atoms with van der Waals surface area (Å²) in [6, 6.07) is 13.5. The molecule has 0 amide bonds. The molecule has 2 rings (SSSR count). The molecular formula is C19H22O4. The molecule has 2 aromatic carbocycles. The maximum Gasteiger partial charge on any atom is 0.311 e. The fourth-order valence-corrected chi connectivity index (χ4v) is 2.24. The van der Waals surface area contributed by atoms with Gasteiger partial charge in [0.1, 0.15) is 5.75 Å². The van der Waals surface area contributed by atoms with Crippen LogP contribution in [0.25, 0.3) is 10.8 Å². The van der Waals surface area contributed by atoms with Gasteiger partial charge in [-0.15, -0.1) is 0 Å². The Bertz CT molecular complexity index is 663. The lowest BCUT2D eigenvalue weighted by Crippen LogP contribution is -2.09. The first kappa shape index (κ1) is 17.0. The van der Waals surface area contributed by atoms with Crippen molar-refractivity contribution in [3.8, 4) is 5.75 Å². The van der Waals surface area contributed by atoms with Crippen LogP contribution in [0.15, 0.2) is 42.5 Å². The molecule has 122 valence electrons. The van der Waals surface area contributed by atoms with Crippen LogP contribution in [0.2, 0.25) is 0 Å². The zero-order chi connectivity index (χ0) is 16.5. The Labute approximate surface area is 136 Å². The summed E-state index contributed by atoms with van der Waals surface area (Å²) < 4.78 is 10.3. The van der Waals surface area contributed by atoms with E-state index < -0.39 is 0 Å². The first-order valence-electron chi connectivity index (χ1n) is 8.04. The van der Waals surface area contributed by atoms with Gasteiger partial charge in [-0.1, -0.05) is 37.3 Å². The molecule has 0 heterocycles. The van der Waals surface area contributed by atoms with E-state index in [9.17, 15) is 9.59 Å². The lowest BCUT2D eigenvalue weighted by molar-refractivity contribution is -0.144. The predicted octanol–water partition coefficient (Wildman–Crippen LogP) is 4.26. The minimum atomic E-state index is -0.276. The van der Waals surface area contributed by atoms with Crippen molar-refractivity contribution in [1.82, 2.24) is 0 Å². The maximum atomic E-state index is 11.8. The minimum Gasteiger partial charge on any atom is -0.466 e. The molecule has 2 aromatic rings. The number of unbranched alkanes of at least 4 members (excludes halogenated alkanes) is 1. The van der Waals surface area contributed by atoms with E-state index in [1.54, 1.807) is 6.07 Å². The van der Waals surface area contributed by atoms with Gasteiger partial charge in [-0.2, -0.15) is 0 Å². The topological polar surface area (TPSA) is 52.6 Å². The molecular weight excluding hydrogens is 292 g/mol. The second kappa shape index (κ2) is 8.93. The summed E-state index contributed by atoms with van der Waals surface area (Å²) in [6.45, 7) is 2.42. The summed E-state index contributed by atoms with van der Waals surface area (Å²) >= 11 is 0. The summed E-state index contributed by atoms with van der Waals surface area (Å²) in [4.78, 5) is 23.2. The molecule has 0 atom stereocenters. The molecule has 0 fully saturated rings. The van der Waals surface area contributed by atoms with Crippen LogP contribution in [0.3, 0.4) is 0 Å². The predicted molar refractivity (Wildman–Crippen MR) is 89.3 cm³/mol. The average molecular weight is 314 g/mol. The van der Waals surface area contributed by atoms with Crippen LogP contribution in [0.1, 0.15) is 39.0 Å². The van der Waals surface area contributed by atoms with Crippen molar-refractivity contribution >= 4 is 22.7 Å². The maximum absolute atomic E-state index is 11.8. The average Bonchev–Trinajstić information content (AvgIpc) is 2.56. The number of carbonyl (C=O) groups excluding carboxylic acids is 2. The Hall–Kier alpha value is -2.36. The summed E-state index contributed by atoms with van der Waals surface area (Å²) in [5, 5.41) is 2.15. The fraction of sp³-hybridized carbons (Fsp3) is 0.368. The molecule has 23 heavy (non-hydrogen) atoms. The molecule has 0 aromatic heterocycles. The highest BCUT2D eigenvalue weighted by molar-refractivity contribution is 5.84. The van der Waals surface area contributed by atoms with Crippen LogP contribution < -0.4 is 4.74 Å². The summed E-state index contributed by atoms with van der Waals surface area (Å²) in [5.74, 6) is 0.0769. The Morgan fingerprint density at radius 3 is 2.35 bits per heavy atom. The number of esters is 2. The van der Waals surface area contributed by atoms with Crippen molar-refractivity contribution in [2.24, 2.45) is 0 Å². The number of rotatable bonds is 8. The molecule has 4 nitrogen and oxygen atoms in total. The second-order valence-electron chi connectivity index (χ2n) is 5.41. The van der Waals surface area contributed by atoms with Crippen LogP contribution >= 0.6 is 0 Å². The standard InChI is InChI=1S/C19H22O4/c1-2-13-22-18(20)9-5-6-10-19(21)23-17-12-11-15-7-3-4-8-16(15)14-17/h3-4,7-8,11-12,14H,2,5-6,9-10,13H2,1H3. The fourth-order valence-electron chi connectivity index (χ4n) is 2.24. The molecule has 0 saturated carbocycles. The zero-order valence-corrected chi connectivity index (χ0v) is 13.4. The lowest BCUT2D eigenvalue weighted by atomic mass is 10.1. The quantitative estimate of drug-likeness (QED) is 0.415. The highest BCUT2D eigenvalue weighted by Crippen LogP contribution is 2.21.